The molecule has 430 valence electrons. The van der Waals surface area contributed by atoms with Gasteiger partial charge in [-0.2, -0.15) is 0 Å². The largest absolute Gasteiger partial charge is 0.462 e. The van der Waals surface area contributed by atoms with E-state index in [-0.39, 0.29) is 44.0 Å². The molecule has 0 aliphatic heterocycles. The molecule has 0 saturated heterocycles. The highest BCUT2D eigenvalue weighted by atomic mass is 16.6. The van der Waals surface area contributed by atoms with Crippen LogP contribution in [0.2, 0.25) is 0 Å². The average molecular weight is 1060 g/mol. The van der Waals surface area contributed by atoms with Gasteiger partial charge < -0.3 is 14.2 Å². The van der Waals surface area contributed by atoms with Crippen LogP contribution in [0.5, 0.6) is 0 Å². The molecule has 0 aromatic rings. The fraction of sp³-hybridized carbons (Fsp3) is 0.563. The fourth-order valence-corrected chi connectivity index (χ4v) is 7.65. The van der Waals surface area contributed by atoms with Gasteiger partial charge >= 0.3 is 17.9 Å². The second-order valence-electron chi connectivity index (χ2n) is 19.5. The Morgan fingerprint density at radius 3 is 0.831 bits per heavy atom. The predicted octanol–water partition coefficient (Wildman–Crippen LogP) is 21.1. The maximum atomic E-state index is 12.9. The van der Waals surface area contributed by atoms with Crippen LogP contribution in [0.3, 0.4) is 0 Å². The Hall–Kier alpha value is -5.23. The molecule has 77 heavy (non-hydrogen) atoms. The SMILES string of the molecule is CC/C=C\C/C=C\C/C=C\C/C=C\C/C=C\C/C=C\C/C=C\C/C=C\CCCCC(=O)OCC(COC(=O)CCCCC/C=C\C/C=C\C/C=C\CC)OC(=O)CCCCCCCC/C=C\C/C=C\C/C=C\CCCCC. The van der Waals surface area contributed by atoms with E-state index in [0.717, 1.165) is 154 Å². The minimum atomic E-state index is -0.826. The van der Waals surface area contributed by atoms with E-state index in [9.17, 15) is 14.4 Å². The molecule has 0 aromatic carbocycles. The van der Waals surface area contributed by atoms with Gasteiger partial charge in [0, 0.05) is 19.3 Å². The van der Waals surface area contributed by atoms with Gasteiger partial charge in [-0.3, -0.25) is 14.4 Å². The van der Waals surface area contributed by atoms with Gasteiger partial charge in [-0.15, -0.1) is 0 Å². The highest BCUT2D eigenvalue weighted by molar-refractivity contribution is 5.71. The molecule has 0 saturated carbocycles. The van der Waals surface area contributed by atoms with Gasteiger partial charge in [-0.05, 0) is 154 Å². The number of allylic oxidation sites excluding steroid dienone is 28. The molecule has 1 unspecified atom stereocenters. The third-order valence-electron chi connectivity index (χ3n) is 12.2. The van der Waals surface area contributed by atoms with Crippen molar-refractivity contribution in [3.05, 3.63) is 170 Å². The lowest BCUT2D eigenvalue weighted by Gasteiger charge is -2.18. The van der Waals surface area contributed by atoms with Crippen LogP contribution < -0.4 is 0 Å². The van der Waals surface area contributed by atoms with E-state index in [4.69, 9.17) is 14.2 Å². The van der Waals surface area contributed by atoms with E-state index in [2.05, 4.69) is 191 Å². The van der Waals surface area contributed by atoms with Gasteiger partial charge in [0.1, 0.15) is 13.2 Å². The first-order valence-corrected chi connectivity index (χ1v) is 30.6. The van der Waals surface area contributed by atoms with Crippen molar-refractivity contribution in [2.24, 2.45) is 0 Å². The number of ether oxygens (including phenoxy) is 3. The van der Waals surface area contributed by atoms with Crippen molar-refractivity contribution in [2.45, 2.75) is 245 Å². The summed E-state index contributed by atoms with van der Waals surface area (Å²) in [5.74, 6) is -1.01. The van der Waals surface area contributed by atoms with E-state index in [0.29, 0.717) is 12.8 Å². The number of hydrogen-bond donors (Lipinski definition) is 0. The van der Waals surface area contributed by atoms with Crippen LogP contribution in [0.15, 0.2) is 170 Å². The van der Waals surface area contributed by atoms with Crippen LogP contribution in [0.4, 0.5) is 0 Å². The Labute approximate surface area is 472 Å². The van der Waals surface area contributed by atoms with E-state index >= 15 is 0 Å². The number of carbonyl (C=O) groups excluding carboxylic acids is 3. The van der Waals surface area contributed by atoms with Crippen molar-refractivity contribution >= 4 is 17.9 Å². The van der Waals surface area contributed by atoms with E-state index in [1.54, 1.807) is 0 Å². The molecule has 1 atom stereocenters. The average Bonchev–Trinajstić information content (AvgIpc) is 3.43. The lowest BCUT2D eigenvalue weighted by Crippen LogP contribution is -2.30. The standard InChI is InChI=1S/C71H110O6/c1-4-7-10-13-16-19-22-25-27-29-31-32-33-34-35-36-37-38-40-41-43-46-49-52-55-58-61-64-70(73)76-67-68(66-75-69(72)63-60-57-54-51-48-45-24-21-18-15-12-9-6-3)77-71(74)65-62-59-56-53-50-47-44-42-39-30-28-26-23-20-17-14-11-8-5-2/h7,9-10,12,16-21,25-28,31-32,34-35,37-39,41-43,45,48-49,52,68H,4-6,8,11,13-15,22-24,29-30,33,36,40,44,46-47,50-51,53-67H2,1-3H3/b10-7-,12-9-,19-16-,20-17-,21-18-,27-25-,28-26-,32-31-,35-34-,38-37-,42-39-,43-41-,48-45-,52-49-. The molecule has 0 spiro atoms. The van der Waals surface area contributed by atoms with Gasteiger partial charge in [0.05, 0.1) is 0 Å². The molecular weight excluding hydrogens is 949 g/mol. The summed E-state index contributed by atoms with van der Waals surface area (Å²) < 4.78 is 16.8. The van der Waals surface area contributed by atoms with Crippen LogP contribution >= 0.6 is 0 Å². The Morgan fingerprint density at radius 2 is 0.506 bits per heavy atom. The molecular formula is C71H110O6. The monoisotopic (exact) mass is 1060 g/mol. The quantitative estimate of drug-likeness (QED) is 0.0261. The molecule has 6 nitrogen and oxygen atoms in total. The maximum absolute atomic E-state index is 12.9. The first-order valence-electron chi connectivity index (χ1n) is 30.6. The van der Waals surface area contributed by atoms with Crippen LogP contribution in [0.25, 0.3) is 0 Å². The van der Waals surface area contributed by atoms with Crippen LogP contribution in [0.1, 0.15) is 239 Å². The molecule has 0 aliphatic carbocycles. The number of unbranched alkanes of at least 4 members (excludes halogenated alkanes) is 14. The van der Waals surface area contributed by atoms with Crippen molar-refractivity contribution in [2.75, 3.05) is 13.2 Å². The van der Waals surface area contributed by atoms with Crippen molar-refractivity contribution in [1.29, 1.82) is 0 Å². The summed E-state index contributed by atoms with van der Waals surface area (Å²) in [5.41, 5.74) is 0. The first kappa shape index (κ1) is 71.8. The second kappa shape index (κ2) is 63.3. The molecule has 0 aromatic heterocycles. The zero-order valence-electron chi connectivity index (χ0n) is 49.1. The molecule has 0 aliphatic rings. The van der Waals surface area contributed by atoms with E-state index in [1.165, 1.54) is 38.5 Å². The third-order valence-corrected chi connectivity index (χ3v) is 12.2. The van der Waals surface area contributed by atoms with Crippen molar-refractivity contribution in [3.63, 3.8) is 0 Å². The van der Waals surface area contributed by atoms with Crippen LogP contribution in [-0.2, 0) is 28.6 Å². The Morgan fingerprint density at radius 1 is 0.273 bits per heavy atom. The van der Waals surface area contributed by atoms with Gasteiger partial charge in [0.2, 0.25) is 0 Å². The predicted molar refractivity (Wildman–Crippen MR) is 334 cm³/mol. The van der Waals surface area contributed by atoms with E-state index < -0.39 is 6.10 Å². The second-order valence-corrected chi connectivity index (χ2v) is 19.5. The summed E-state index contributed by atoms with van der Waals surface area (Å²) >= 11 is 0. The molecule has 0 amide bonds. The summed E-state index contributed by atoms with van der Waals surface area (Å²) in [7, 11) is 0. The number of carbonyl (C=O) groups is 3. The summed E-state index contributed by atoms with van der Waals surface area (Å²) in [4.78, 5) is 38.2. The minimum absolute atomic E-state index is 0.121. The molecule has 0 fully saturated rings. The topological polar surface area (TPSA) is 78.9 Å². The van der Waals surface area contributed by atoms with E-state index in [1.807, 2.05) is 0 Å². The lowest BCUT2D eigenvalue weighted by molar-refractivity contribution is -0.167. The van der Waals surface area contributed by atoms with Crippen LogP contribution in [-0.4, -0.2) is 37.2 Å². The molecule has 0 heterocycles. The zero-order valence-corrected chi connectivity index (χ0v) is 49.1. The molecule has 0 rings (SSSR count). The van der Waals surface area contributed by atoms with Gasteiger partial charge in [0.15, 0.2) is 6.10 Å². The van der Waals surface area contributed by atoms with Gasteiger partial charge in [0.25, 0.3) is 0 Å². The minimum Gasteiger partial charge on any atom is -0.462 e. The Balaban J connectivity index is 4.51. The highest BCUT2D eigenvalue weighted by Crippen LogP contribution is 2.13. The first-order chi connectivity index (χ1) is 38.0. The number of rotatable bonds is 53. The summed E-state index contributed by atoms with van der Waals surface area (Å²) in [6.45, 7) is 6.29. The Kier molecular flexibility index (Phi) is 59.0. The fourth-order valence-electron chi connectivity index (χ4n) is 7.65. The van der Waals surface area contributed by atoms with Crippen molar-refractivity contribution in [1.82, 2.24) is 0 Å². The normalized spacial score (nSPS) is 13.3. The number of hydrogen-bond acceptors (Lipinski definition) is 6. The molecule has 0 bridgehead atoms. The van der Waals surface area contributed by atoms with Crippen LogP contribution in [0, 0.1) is 0 Å². The number of esters is 3. The lowest BCUT2D eigenvalue weighted by atomic mass is 10.1. The molecule has 0 N–H and O–H groups in total. The smallest absolute Gasteiger partial charge is 0.306 e. The highest BCUT2D eigenvalue weighted by Gasteiger charge is 2.19. The van der Waals surface area contributed by atoms with Crippen molar-refractivity contribution < 1.29 is 28.6 Å². The summed E-state index contributed by atoms with van der Waals surface area (Å²) in [6, 6.07) is 0. The molecule has 6 heteroatoms. The summed E-state index contributed by atoms with van der Waals surface area (Å²) in [6.07, 6.45) is 93.5. The van der Waals surface area contributed by atoms with Gasteiger partial charge in [-0.1, -0.05) is 236 Å². The molecule has 0 radical (unpaired) electrons. The third kappa shape index (κ3) is 61.5. The van der Waals surface area contributed by atoms with Crippen molar-refractivity contribution in [3.8, 4) is 0 Å². The van der Waals surface area contributed by atoms with Gasteiger partial charge in [-0.25, -0.2) is 0 Å². The zero-order chi connectivity index (χ0) is 55.7. The Bertz CT molecular complexity index is 1790. The maximum Gasteiger partial charge on any atom is 0.306 e. The summed E-state index contributed by atoms with van der Waals surface area (Å²) in [5, 5.41) is 0.